The molecule has 0 aliphatic heterocycles. The van der Waals surface area contributed by atoms with E-state index in [9.17, 15) is 0 Å². The van der Waals surface area contributed by atoms with Crippen molar-refractivity contribution in [1.82, 2.24) is 0 Å². The second-order valence-corrected chi connectivity index (χ2v) is 3.75. The Kier molecular flexibility index (Phi) is 2.57. The third-order valence-electron chi connectivity index (χ3n) is 1.69. The Hall–Kier alpha value is 0.700. The van der Waals surface area contributed by atoms with Crippen LogP contribution in [-0.4, -0.2) is 10.5 Å². The van der Waals surface area contributed by atoms with E-state index in [1.165, 1.54) is 25.7 Å². The first kappa shape index (κ1) is 6.81. The van der Waals surface area contributed by atoms with Crippen molar-refractivity contribution >= 4 is 25.3 Å². The summed E-state index contributed by atoms with van der Waals surface area (Å²) in [6.45, 7) is 0. The molecule has 0 aromatic carbocycles. The fourth-order valence-electron chi connectivity index (χ4n) is 1.09. The summed E-state index contributed by atoms with van der Waals surface area (Å²) in [5.41, 5.74) is 0. The summed E-state index contributed by atoms with van der Waals surface area (Å²) in [7, 11) is 0. The lowest BCUT2D eigenvalue weighted by atomic mass is 10.00. The molecule has 0 N–H and O–H groups in total. The first-order valence-electron chi connectivity index (χ1n) is 3.17. The van der Waals surface area contributed by atoms with Crippen LogP contribution in [0.5, 0.6) is 0 Å². The van der Waals surface area contributed by atoms with E-state index >= 15 is 0 Å². The number of hydrogen-bond donors (Lipinski definition) is 2. The summed E-state index contributed by atoms with van der Waals surface area (Å²) >= 11 is 8.76. The molecule has 0 bridgehead atoms. The van der Waals surface area contributed by atoms with Crippen LogP contribution in [0.15, 0.2) is 0 Å². The van der Waals surface area contributed by atoms with Gasteiger partial charge in [-0.1, -0.05) is 12.8 Å². The molecular formula is C6H12S2. The van der Waals surface area contributed by atoms with Crippen LogP contribution in [0.2, 0.25) is 0 Å². The molecule has 0 aromatic rings. The lowest BCUT2D eigenvalue weighted by Gasteiger charge is -2.22. The van der Waals surface area contributed by atoms with Crippen LogP contribution in [0.25, 0.3) is 0 Å². The van der Waals surface area contributed by atoms with Crippen molar-refractivity contribution in [2.24, 2.45) is 0 Å². The molecule has 0 radical (unpaired) electrons. The van der Waals surface area contributed by atoms with Gasteiger partial charge in [-0.15, -0.1) is 0 Å². The minimum atomic E-state index is 0.562. The van der Waals surface area contributed by atoms with E-state index in [4.69, 9.17) is 0 Å². The van der Waals surface area contributed by atoms with E-state index in [-0.39, 0.29) is 0 Å². The summed E-state index contributed by atoms with van der Waals surface area (Å²) in [4.78, 5) is 0. The van der Waals surface area contributed by atoms with Crippen molar-refractivity contribution in [1.29, 1.82) is 0 Å². The summed E-state index contributed by atoms with van der Waals surface area (Å²) in [5, 5.41) is 1.12. The quantitative estimate of drug-likeness (QED) is 0.483. The molecule has 0 heterocycles. The van der Waals surface area contributed by atoms with Crippen molar-refractivity contribution in [3.05, 3.63) is 0 Å². The van der Waals surface area contributed by atoms with Crippen LogP contribution in [0, 0.1) is 0 Å². The van der Waals surface area contributed by atoms with Crippen molar-refractivity contribution < 1.29 is 0 Å². The summed E-state index contributed by atoms with van der Waals surface area (Å²) in [6.07, 6.45) is 5.23. The van der Waals surface area contributed by atoms with Crippen molar-refractivity contribution in [3.63, 3.8) is 0 Å². The van der Waals surface area contributed by atoms with Crippen LogP contribution >= 0.6 is 25.3 Å². The Morgan fingerprint density at radius 2 is 1.25 bits per heavy atom. The van der Waals surface area contributed by atoms with Gasteiger partial charge < -0.3 is 0 Å². The fraction of sp³-hybridized carbons (Fsp3) is 1.00. The normalized spacial score (nSPS) is 39.8. The van der Waals surface area contributed by atoms with Gasteiger partial charge in [0.25, 0.3) is 0 Å². The van der Waals surface area contributed by atoms with Crippen LogP contribution in [0.4, 0.5) is 0 Å². The van der Waals surface area contributed by atoms with E-state index in [0.717, 1.165) is 0 Å². The highest BCUT2D eigenvalue weighted by Crippen LogP contribution is 2.26. The highest BCUT2D eigenvalue weighted by atomic mass is 32.1. The highest BCUT2D eigenvalue weighted by molar-refractivity contribution is 7.85. The van der Waals surface area contributed by atoms with Gasteiger partial charge in [0.05, 0.1) is 0 Å². The zero-order valence-corrected chi connectivity index (χ0v) is 6.67. The van der Waals surface area contributed by atoms with Gasteiger partial charge >= 0.3 is 0 Å². The molecule has 2 atom stereocenters. The van der Waals surface area contributed by atoms with Gasteiger partial charge in [-0.05, 0) is 12.8 Å². The van der Waals surface area contributed by atoms with Gasteiger partial charge in [0.1, 0.15) is 0 Å². The van der Waals surface area contributed by atoms with Crippen LogP contribution < -0.4 is 0 Å². The maximum atomic E-state index is 4.38. The number of rotatable bonds is 0. The molecule has 8 heavy (non-hydrogen) atoms. The van der Waals surface area contributed by atoms with Crippen LogP contribution in [-0.2, 0) is 0 Å². The molecule has 0 spiro atoms. The molecule has 0 aromatic heterocycles. The highest BCUT2D eigenvalue weighted by Gasteiger charge is 2.17. The molecule has 1 saturated carbocycles. The number of hydrogen-bond acceptors (Lipinski definition) is 2. The summed E-state index contributed by atoms with van der Waals surface area (Å²) in [6, 6.07) is 0. The van der Waals surface area contributed by atoms with Crippen molar-refractivity contribution in [3.8, 4) is 0 Å². The third-order valence-corrected chi connectivity index (χ3v) is 3.17. The Morgan fingerprint density at radius 3 is 1.50 bits per heavy atom. The molecule has 2 heteroatoms. The zero-order chi connectivity index (χ0) is 5.98. The molecule has 1 fully saturated rings. The average Bonchev–Trinajstić information content (AvgIpc) is 1.77. The Labute approximate surface area is 61.9 Å². The van der Waals surface area contributed by atoms with Gasteiger partial charge in [0.2, 0.25) is 0 Å². The van der Waals surface area contributed by atoms with Crippen LogP contribution in [0.3, 0.4) is 0 Å². The minimum absolute atomic E-state index is 0.562. The van der Waals surface area contributed by atoms with Crippen molar-refractivity contribution in [2.45, 2.75) is 36.2 Å². The first-order valence-corrected chi connectivity index (χ1v) is 4.20. The van der Waals surface area contributed by atoms with Crippen molar-refractivity contribution in [2.75, 3.05) is 0 Å². The summed E-state index contributed by atoms with van der Waals surface area (Å²) < 4.78 is 0. The maximum absolute atomic E-state index is 4.38. The van der Waals surface area contributed by atoms with E-state index in [0.29, 0.717) is 10.5 Å². The van der Waals surface area contributed by atoms with E-state index in [2.05, 4.69) is 25.3 Å². The standard InChI is InChI=1S/C6H12S2/c7-5-3-1-2-4-6(5)8/h5-8H,1-4H2/t5-,6-/m1/s1. The fourth-order valence-corrected chi connectivity index (χ4v) is 1.76. The summed E-state index contributed by atoms with van der Waals surface area (Å²) in [5.74, 6) is 0. The average molecular weight is 148 g/mol. The van der Waals surface area contributed by atoms with Crippen LogP contribution in [0.1, 0.15) is 25.7 Å². The molecule has 0 saturated heterocycles. The predicted molar refractivity (Wildman–Crippen MR) is 44.0 cm³/mol. The molecule has 0 unspecified atom stereocenters. The van der Waals surface area contributed by atoms with Gasteiger partial charge in [0, 0.05) is 10.5 Å². The predicted octanol–water partition coefficient (Wildman–Crippen LogP) is 2.16. The Morgan fingerprint density at radius 1 is 0.875 bits per heavy atom. The smallest absolute Gasteiger partial charge is 0.0133 e. The minimum Gasteiger partial charge on any atom is -0.175 e. The number of thiol groups is 2. The topological polar surface area (TPSA) is 0 Å². The molecule has 1 rings (SSSR count). The first-order chi connectivity index (χ1) is 3.80. The Bertz CT molecular complexity index is 62.9. The van der Waals surface area contributed by atoms with Gasteiger partial charge in [-0.2, -0.15) is 25.3 Å². The zero-order valence-electron chi connectivity index (χ0n) is 4.88. The van der Waals surface area contributed by atoms with Gasteiger partial charge in [-0.3, -0.25) is 0 Å². The van der Waals surface area contributed by atoms with E-state index < -0.39 is 0 Å². The lowest BCUT2D eigenvalue weighted by molar-refractivity contribution is 0.532. The molecule has 1 aliphatic carbocycles. The molecule has 48 valence electrons. The molecule has 0 amide bonds. The van der Waals surface area contributed by atoms with E-state index in [1.54, 1.807) is 0 Å². The third kappa shape index (κ3) is 1.59. The Balaban J connectivity index is 2.28. The molecule has 1 aliphatic rings. The lowest BCUT2D eigenvalue weighted by Crippen LogP contribution is -2.19. The monoisotopic (exact) mass is 148 g/mol. The SMILES string of the molecule is S[C@@H]1CCCC[C@H]1S. The second kappa shape index (κ2) is 3.02. The molecule has 0 nitrogen and oxygen atoms in total. The largest absolute Gasteiger partial charge is 0.175 e. The maximum Gasteiger partial charge on any atom is 0.0133 e. The molecular weight excluding hydrogens is 136 g/mol. The van der Waals surface area contributed by atoms with Gasteiger partial charge in [0.15, 0.2) is 0 Å². The van der Waals surface area contributed by atoms with E-state index in [1.807, 2.05) is 0 Å². The second-order valence-electron chi connectivity index (χ2n) is 2.42. The van der Waals surface area contributed by atoms with Gasteiger partial charge in [-0.25, -0.2) is 0 Å².